The van der Waals surface area contributed by atoms with Gasteiger partial charge in [-0.05, 0) is 24.1 Å². The van der Waals surface area contributed by atoms with Gasteiger partial charge in [0.1, 0.15) is 0 Å². The standard InChI is InChI=1S/C13H22N2O/c1-2-6-15(7-8-16)11-13-5-3-4-12(9-13)10-14/h3-5,9,16H,2,6-8,10-11,14H2,1H3. The van der Waals surface area contributed by atoms with Crippen LogP contribution in [0.5, 0.6) is 0 Å². The Bertz CT molecular complexity index is 296. The summed E-state index contributed by atoms with van der Waals surface area (Å²) in [5, 5.41) is 8.98. The highest BCUT2D eigenvalue weighted by Gasteiger charge is 2.04. The Morgan fingerprint density at radius 1 is 1.25 bits per heavy atom. The SMILES string of the molecule is CCCN(CCO)Cc1cccc(CN)c1. The van der Waals surface area contributed by atoms with Crippen LogP contribution in [0.15, 0.2) is 24.3 Å². The fourth-order valence-corrected chi connectivity index (χ4v) is 1.84. The molecule has 0 saturated heterocycles. The third kappa shape index (κ3) is 4.31. The zero-order chi connectivity index (χ0) is 11.8. The molecule has 1 rings (SSSR count). The summed E-state index contributed by atoms with van der Waals surface area (Å²) in [5.74, 6) is 0. The van der Waals surface area contributed by atoms with Crippen molar-refractivity contribution in [2.45, 2.75) is 26.4 Å². The van der Waals surface area contributed by atoms with Gasteiger partial charge in [-0.3, -0.25) is 4.90 Å². The van der Waals surface area contributed by atoms with E-state index in [9.17, 15) is 0 Å². The van der Waals surface area contributed by atoms with Gasteiger partial charge in [-0.15, -0.1) is 0 Å². The summed E-state index contributed by atoms with van der Waals surface area (Å²) in [6, 6.07) is 8.33. The third-order valence-electron chi connectivity index (χ3n) is 2.59. The number of hydrogen-bond acceptors (Lipinski definition) is 3. The lowest BCUT2D eigenvalue weighted by Crippen LogP contribution is -2.27. The minimum absolute atomic E-state index is 0.219. The summed E-state index contributed by atoms with van der Waals surface area (Å²) in [6.45, 7) is 5.61. The second-order valence-electron chi connectivity index (χ2n) is 4.02. The summed E-state index contributed by atoms with van der Waals surface area (Å²) >= 11 is 0. The van der Waals surface area contributed by atoms with Crippen molar-refractivity contribution < 1.29 is 5.11 Å². The quantitative estimate of drug-likeness (QED) is 0.732. The maximum Gasteiger partial charge on any atom is 0.0558 e. The van der Waals surface area contributed by atoms with Crippen LogP contribution in [0.1, 0.15) is 24.5 Å². The molecule has 0 heterocycles. The van der Waals surface area contributed by atoms with Crippen molar-refractivity contribution in [2.24, 2.45) is 5.73 Å². The van der Waals surface area contributed by atoms with Gasteiger partial charge in [-0.25, -0.2) is 0 Å². The molecule has 3 nitrogen and oxygen atoms in total. The van der Waals surface area contributed by atoms with Crippen molar-refractivity contribution in [1.82, 2.24) is 4.90 Å². The molecular weight excluding hydrogens is 200 g/mol. The molecule has 16 heavy (non-hydrogen) atoms. The van der Waals surface area contributed by atoms with Gasteiger partial charge in [-0.2, -0.15) is 0 Å². The van der Waals surface area contributed by atoms with E-state index in [2.05, 4.69) is 24.0 Å². The van der Waals surface area contributed by atoms with Crippen LogP contribution < -0.4 is 5.73 Å². The fraction of sp³-hybridized carbons (Fsp3) is 0.538. The lowest BCUT2D eigenvalue weighted by Gasteiger charge is -2.20. The molecular formula is C13H22N2O. The molecule has 1 aromatic rings. The average molecular weight is 222 g/mol. The largest absolute Gasteiger partial charge is 0.395 e. The molecule has 90 valence electrons. The Morgan fingerprint density at radius 3 is 2.62 bits per heavy atom. The predicted molar refractivity (Wildman–Crippen MR) is 67.0 cm³/mol. The number of nitrogens with two attached hydrogens (primary N) is 1. The molecule has 3 heteroatoms. The highest BCUT2D eigenvalue weighted by molar-refractivity contribution is 5.23. The number of nitrogens with zero attached hydrogens (tertiary/aromatic N) is 1. The maximum atomic E-state index is 8.98. The minimum atomic E-state index is 0.219. The summed E-state index contributed by atoms with van der Waals surface area (Å²) in [4.78, 5) is 2.26. The highest BCUT2D eigenvalue weighted by atomic mass is 16.3. The minimum Gasteiger partial charge on any atom is -0.395 e. The van der Waals surface area contributed by atoms with E-state index < -0.39 is 0 Å². The Labute approximate surface area is 97.9 Å². The van der Waals surface area contributed by atoms with E-state index in [0.29, 0.717) is 6.54 Å². The number of rotatable bonds is 7. The van der Waals surface area contributed by atoms with Gasteiger partial charge in [-0.1, -0.05) is 31.2 Å². The number of aliphatic hydroxyl groups is 1. The molecule has 0 amide bonds. The van der Waals surface area contributed by atoms with Crippen molar-refractivity contribution in [1.29, 1.82) is 0 Å². The molecule has 3 N–H and O–H groups in total. The van der Waals surface area contributed by atoms with E-state index in [0.717, 1.165) is 31.6 Å². The first-order valence-corrected chi connectivity index (χ1v) is 5.91. The molecule has 0 atom stereocenters. The van der Waals surface area contributed by atoms with Crippen LogP contribution >= 0.6 is 0 Å². The molecule has 0 fully saturated rings. The zero-order valence-corrected chi connectivity index (χ0v) is 10.0. The first-order chi connectivity index (χ1) is 7.80. The van der Waals surface area contributed by atoms with Gasteiger partial charge < -0.3 is 10.8 Å². The van der Waals surface area contributed by atoms with Crippen molar-refractivity contribution >= 4 is 0 Å². The summed E-state index contributed by atoms with van der Waals surface area (Å²) in [6.07, 6.45) is 1.11. The van der Waals surface area contributed by atoms with Crippen LogP contribution in [0.4, 0.5) is 0 Å². The summed E-state index contributed by atoms with van der Waals surface area (Å²) < 4.78 is 0. The lowest BCUT2D eigenvalue weighted by molar-refractivity contribution is 0.190. The molecule has 0 saturated carbocycles. The second kappa shape index (κ2) is 7.39. The van der Waals surface area contributed by atoms with Gasteiger partial charge in [0.05, 0.1) is 6.61 Å². The number of benzene rings is 1. The smallest absolute Gasteiger partial charge is 0.0558 e. The molecule has 0 spiro atoms. The van der Waals surface area contributed by atoms with Crippen molar-refractivity contribution in [2.75, 3.05) is 19.7 Å². The van der Waals surface area contributed by atoms with E-state index in [1.165, 1.54) is 5.56 Å². The monoisotopic (exact) mass is 222 g/mol. The number of hydrogen-bond donors (Lipinski definition) is 2. The van der Waals surface area contributed by atoms with E-state index in [4.69, 9.17) is 10.8 Å². The third-order valence-corrected chi connectivity index (χ3v) is 2.59. The Kier molecular flexibility index (Phi) is 6.08. The summed E-state index contributed by atoms with van der Waals surface area (Å²) in [7, 11) is 0. The van der Waals surface area contributed by atoms with Crippen LogP contribution in [-0.2, 0) is 13.1 Å². The molecule has 0 aromatic heterocycles. The number of aliphatic hydroxyl groups excluding tert-OH is 1. The van der Waals surface area contributed by atoms with Crippen LogP contribution in [0.3, 0.4) is 0 Å². The molecule has 0 radical (unpaired) electrons. The normalized spacial score (nSPS) is 11.0. The molecule has 0 unspecified atom stereocenters. The Hall–Kier alpha value is -0.900. The van der Waals surface area contributed by atoms with Gasteiger partial charge in [0.2, 0.25) is 0 Å². The van der Waals surface area contributed by atoms with Crippen LogP contribution in [0, 0.1) is 0 Å². The van der Waals surface area contributed by atoms with Gasteiger partial charge in [0.25, 0.3) is 0 Å². The molecule has 0 aliphatic heterocycles. The maximum absolute atomic E-state index is 8.98. The van der Waals surface area contributed by atoms with Crippen molar-refractivity contribution in [3.63, 3.8) is 0 Å². The van der Waals surface area contributed by atoms with E-state index in [1.54, 1.807) is 0 Å². The van der Waals surface area contributed by atoms with Gasteiger partial charge in [0.15, 0.2) is 0 Å². The zero-order valence-electron chi connectivity index (χ0n) is 10.0. The van der Waals surface area contributed by atoms with Crippen molar-refractivity contribution in [3.8, 4) is 0 Å². The molecule has 0 aliphatic rings. The predicted octanol–water partition coefficient (Wildman–Crippen LogP) is 1.35. The van der Waals surface area contributed by atoms with Crippen LogP contribution in [0.2, 0.25) is 0 Å². The molecule has 0 bridgehead atoms. The fourth-order valence-electron chi connectivity index (χ4n) is 1.84. The first kappa shape index (κ1) is 13.2. The van der Waals surface area contributed by atoms with Gasteiger partial charge >= 0.3 is 0 Å². The van der Waals surface area contributed by atoms with E-state index >= 15 is 0 Å². The highest BCUT2D eigenvalue weighted by Crippen LogP contribution is 2.08. The average Bonchev–Trinajstić information content (AvgIpc) is 2.30. The van der Waals surface area contributed by atoms with Crippen molar-refractivity contribution in [3.05, 3.63) is 35.4 Å². The van der Waals surface area contributed by atoms with Crippen LogP contribution in [-0.4, -0.2) is 29.7 Å². The van der Waals surface area contributed by atoms with Crippen LogP contribution in [0.25, 0.3) is 0 Å². The topological polar surface area (TPSA) is 49.5 Å². The Morgan fingerprint density at radius 2 is 2.00 bits per heavy atom. The van der Waals surface area contributed by atoms with E-state index in [-0.39, 0.29) is 6.61 Å². The lowest BCUT2D eigenvalue weighted by atomic mass is 10.1. The summed E-state index contributed by atoms with van der Waals surface area (Å²) in [5.41, 5.74) is 8.05. The molecule has 1 aromatic carbocycles. The first-order valence-electron chi connectivity index (χ1n) is 5.91. The Balaban J connectivity index is 2.60. The second-order valence-corrected chi connectivity index (χ2v) is 4.02. The van der Waals surface area contributed by atoms with E-state index in [1.807, 2.05) is 12.1 Å². The molecule has 0 aliphatic carbocycles. The van der Waals surface area contributed by atoms with Gasteiger partial charge in [0, 0.05) is 19.6 Å².